The maximum absolute atomic E-state index is 11.5. The average Bonchev–Trinajstić information content (AvgIpc) is 2.87. The van der Waals surface area contributed by atoms with E-state index >= 15 is 0 Å². The lowest BCUT2D eigenvalue weighted by atomic mass is 10.4. The van der Waals surface area contributed by atoms with Crippen molar-refractivity contribution < 1.29 is 9.53 Å². The summed E-state index contributed by atoms with van der Waals surface area (Å²) in [6.45, 7) is 4.50. The molecule has 0 aromatic carbocycles. The molecular formula is C12H15N3O2S. The van der Waals surface area contributed by atoms with Gasteiger partial charge in [-0.3, -0.25) is 0 Å². The molecule has 2 aromatic heterocycles. The first kappa shape index (κ1) is 12.6. The summed E-state index contributed by atoms with van der Waals surface area (Å²) in [5.41, 5.74) is 6.12. The number of nitrogens with two attached hydrogens (primary N) is 1. The van der Waals surface area contributed by atoms with Crippen LogP contribution in [0.15, 0.2) is 12.1 Å². The summed E-state index contributed by atoms with van der Waals surface area (Å²) in [7, 11) is 1.32. The van der Waals surface area contributed by atoms with Gasteiger partial charge < -0.3 is 15.0 Å². The van der Waals surface area contributed by atoms with Gasteiger partial charge in [-0.1, -0.05) is 0 Å². The summed E-state index contributed by atoms with van der Waals surface area (Å²) >= 11 is 1.70. The Kier molecular flexibility index (Phi) is 3.38. The van der Waals surface area contributed by atoms with Crippen molar-refractivity contribution >= 4 is 23.1 Å². The van der Waals surface area contributed by atoms with Crippen LogP contribution in [-0.2, 0) is 11.3 Å². The third-order valence-corrected chi connectivity index (χ3v) is 3.67. The molecular weight excluding hydrogens is 250 g/mol. The van der Waals surface area contributed by atoms with Crippen molar-refractivity contribution in [1.82, 2.24) is 9.55 Å². The maximum Gasteiger partial charge on any atom is 0.360 e. The number of hydrogen-bond acceptors (Lipinski definition) is 5. The number of rotatable bonds is 3. The lowest BCUT2D eigenvalue weighted by Gasteiger charge is -2.05. The summed E-state index contributed by atoms with van der Waals surface area (Å²) in [6.07, 6.45) is 0. The van der Waals surface area contributed by atoms with Crippen LogP contribution in [-0.4, -0.2) is 22.6 Å². The Hall–Kier alpha value is -1.82. The van der Waals surface area contributed by atoms with Crippen LogP contribution in [0.2, 0.25) is 0 Å². The standard InChI is InChI=1S/C12H15N3O2S/c1-7-4-5-9(18-7)6-15-8(2)14-10(11(15)13)12(16)17-3/h4-5H,6,13H2,1-3H3. The van der Waals surface area contributed by atoms with E-state index in [1.54, 1.807) is 11.3 Å². The Morgan fingerprint density at radius 2 is 2.22 bits per heavy atom. The highest BCUT2D eigenvalue weighted by Gasteiger charge is 2.19. The highest BCUT2D eigenvalue weighted by molar-refractivity contribution is 7.11. The van der Waals surface area contributed by atoms with Gasteiger partial charge in [0.2, 0.25) is 0 Å². The van der Waals surface area contributed by atoms with Crippen molar-refractivity contribution in [1.29, 1.82) is 0 Å². The summed E-state index contributed by atoms with van der Waals surface area (Å²) in [4.78, 5) is 18.1. The molecule has 0 atom stereocenters. The molecule has 0 radical (unpaired) electrons. The quantitative estimate of drug-likeness (QED) is 0.861. The molecule has 0 saturated carbocycles. The average molecular weight is 265 g/mol. The van der Waals surface area contributed by atoms with Crippen molar-refractivity contribution in [2.24, 2.45) is 0 Å². The number of hydrogen-bond donors (Lipinski definition) is 1. The Bertz CT molecular complexity index is 586. The molecule has 2 aromatic rings. The van der Waals surface area contributed by atoms with Crippen LogP contribution in [0.4, 0.5) is 5.82 Å². The van der Waals surface area contributed by atoms with Gasteiger partial charge in [-0.15, -0.1) is 11.3 Å². The molecule has 0 unspecified atom stereocenters. The number of thiophene rings is 1. The molecule has 0 aliphatic heterocycles. The van der Waals surface area contributed by atoms with Crippen LogP contribution in [0.3, 0.4) is 0 Å². The number of anilines is 1. The van der Waals surface area contributed by atoms with E-state index in [0.717, 1.165) is 0 Å². The number of imidazole rings is 1. The van der Waals surface area contributed by atoms with Crippen molar-refractivity contribution in [2.75, 3.05) is 12.8 Å². The van der Waals surface area contributed by atoms with Gasteiger partial charge in [0.25, 0.3) is 0 Å². The number of methoxy groups -OCH3 is 1. The van der Waals surface area contributed by atoms with Crippen LogP contribution in [0.5, 0.6) is 0 Å². The zero-order valence-corrected chi connectivity index (χ0v) is 11.4. The lowest BCUT2D eigenvalue weighted by Crippen LogP contribution is -2.09. The molecule has 2 N–H and O–H groups in total. The second-order valence-electron chi connectivity index (χ2n) is 3.98. The van der Waals surface area contributed by atoms with E-state index in [4.69, 9.17) is 5.73 Å². The van der Waals surface area contributed by atoms with Crippen molar-refractivity contribution in [3.05, 3.63) is 33.4 Å². The first-order chi connectivity index (χ1) is 8.52. The third kappa shape index (κ3) is 2.24. The van der Waals surface area contributed by atoms with Crippen LogP contribution < -0.4 is 5.73 Å². The highest BCUT2D eigenvalue weighted by Crippen LogP contribution is 2.21. The van der Waals surface area contributed by atoms with Gasteiger partial charge in [0.15, 0.2) is 5.69 Å². The Morgan fingerprint density at radius 1 is 1.50 bits per heavy atom. The second kappa shape index (κ2) is 4.81. The van der Waals surface area contributed by atoms with Gasteiger partial charge in [-0.25, -0.2) is 9.78 Å². The SMILES string of the molecule is COC(=O)c1nc(C)n(Cc2ccc(C)s2)c1N. The van der Waals surface area contributed by atoms with Gasteiger partial charge >= 0.3 is 5.97 Å². The van der Waals surface area contributed by atoms with E-state index in [1.165, 1.54) is 16.9 Å². The minimum Gasteiger partial charge on any atom is -0.464 e. The minimum atomic E-state index is -0.503. The van der Waals surface area contributed by atoms with E-state index in [9.17, 15) is 4.79 Å². The van der Waals surface area contributed by atoms with E-state index in [1.807, 2.05) is 11.5 Å². The molecule has 18 heavy (non-hydrogen) atoms. The van der Waals surface area contributed by atoms with Crippen LogP contribution >= 0.6 is 11.3 Å². The number of ether oxygens (including phenoxy) is 1. The zero-order valence-electron chi connectivity index (χ0n) is 10.6. The first-order valence-electron chi connectivity index (χ1n) is 5.49. The van der Waals surface area contributed by atoms with Crippen molar-refractivity contribution in [3.8, 4) is 0 Å². The Labute approximate surface area is 109 Å². The highest BCUT2D eigenvalue weighted by atomic mass is 32.1. The van der Waals surface area contributed by atoms with Crippen molar-refractivity contribution in [3.63, 3.8) is 0 Å². The van der Waals surface area contributed by atoms with Gasteiger partial charge in [0.1, 0.15) is 11.6 Å². The molecule has 0 saturated heterocycles. The van der Waals surface area contributed by atoms with Gasteiger partial charge in [0, 0.05) is 9.75 Å². The van der Waals surface area contributed by atoms with Crippen molar-refractivity contribution in [2.45, 2.75) is 20.4 Å². The van der Waals surface area contributed by atoms with E-state index in [-0.39, 0.29) is 5.69 Å². The monoisotopic (exact) mass is 265 g/mol. The Balaban J connectivity index is 2.34. The number of nitrogen functional groups attached to an aromatic ring is 1. The lowest BCUT2D eigenvalue weighted by molar-refractivity contribution is 0.0595. The molecule has 6 heteroatoms. The van der Waals surface area contributed by atoms with E-state index in [0.29, 0.717) is 18.2 Å². The molecule has 0 fully saturated rings. The Morgan fingerprint density at radius 3 is 2.78 bits per heavy atom. The molecule has 2 heterocycles. The number of aromatic nitrogens is 2. The molecule has 0 bridgehead atoms. The fraction of sp³-hybridized carbons (Fsp3) is 0.333. The molecule has 0 amide bonds. The minimum absolute atomic E-state index is 0.184. The predicted octanol–water partition coefficient (Wildman–Crippen LogP) is 1.98. The van der Waals surface area contributed by atoms with Gasteiger partial charge in [0.05, 0.1) is 13.7 Å². The normalized spacial score (nSPS) is 10.6. The second-order valence-corrected chi connectivity index (χ2v) is 5.36. The summed E-state index contributed by atoms with van der Waals surface area (Å²) in [6, 6.07) is 4.11. The van der Waals surface area contributed by atoms with Crippen LogP contribution in [0.25, 0.3) is 0 Å². The molecule has 0 spiro atoms. The number of nitrogens with zero attached hydrogens (tertiary/aromatic N) is 2. The summed E-state index contributed by atoms with van der Waals surface area (Å²) in [5.74, 6) is 0.557. The summed E-state index contributed by atoms with van der Waals surface area (Å²) in [5, 5.41) is 0. The fourth-order valence-corrected chi connectivity index (χ4v) is 2.63. The molecule has 0 aliphatic carbocycles. The van der Waals surface area contributed by atoms with Crippen LogP contribution in [0, 0.1) is 13.8 Å². The van der Waals surface area contributed by atoms with E-state index < -0.39 is 5.97 Å². The molecule has 5 nitrogen and oxygen atoms in total. The van der Waals surface area contributed by atoms with Crippen LogP contribution in [0.1, 0.15) is 26.1 Å². The number of aryl methyl sites for hydroxylation is 2. The number of esters is 1. The largest absolute Gasteiger partial charge is 0.464 e. The van der Waals surface area contributed by atoms with Gasteiger partial charge in [-0.05, 0) is 26.0 Å². The molecule has 0 aliphatic rings. The topological polar surface area (TPSA) is 70.1 Å². The fourth-order valence-electron chi connectivity index (χ4n) is 1.75. The first-order valence-corrected chi connectivity index (χ1v) is 6.30. The summed E-state index contributed by atoms with van der Waals surface area (Å²) < 4.78 is 6.46. The van der Waals surface area contributed by atoms with E-state index in [2.05, 4.69) is 28.8 Å². The maximum atomic E-state index is 11.5. The smallest absolute Gasteiger partial charge is 0.360 e. The van der Waals surface area contributed by atoms with Gasteiger partial charge in [-0.2, -0.15) is 0 Å². The molecule has 96 valence electrons. The third-order valence-electron chi connectivity index (χ3n) is 2.69. The molecule has 2 rings (SSSR count). The number of carbonyl (C=O) groups is 1. The predicted molar refractivity (Wildman–Crippen MR) is 70.9 cm³/mol. The number of carbonyl (C=O) groups excluding carboxylic acids is 1. The zero-order chi connectivity index (χ0) is 13.3.